The number of halogens is 4. The Hall–Kier alpha value is -2.54. The third-order valence-corrected chi connectivity index (χ3v) is 3.25. The topological polar surface area (TPSA) is 55.4 Å². The van der Waals surface area contributed by atoms with Crippen LogP contribution in [0.25, 0.3) is 0 Å². The van der Waals surface area contributed by atoms with Crippen LogP contribution < -0.4 is 5.32 Å². The second-order valence-corrected chi connectivity index (χ2v) is 5.09. The number of rotatable bonds is 4. The van der Waals surface area contributed by atoms with E-state index in [1.165, 1.54) is 12.1 Å². The first-order valence-electron chi connectivity index (χ1n) is 6.66. The number of alkyl halides is 3. The summed E-state index contributed by atoms with van der Waals surface area (Å²) >= 11 is 5.82. The highest BCUT2D eigenvalue weighted by molar-refractivity contribution is 6.33. The van der Waals surface area contributed by atoms with Crippen molar-refractivity contribution in [2.75, 3.05) is 11.9 Å². The number of nitrogens with one attached hydrogen (secondary N) is 1. The number of esters is 1. The van der Waals surface area contributed by atoms with Crippen LogP contribution in [0.2, 0.25) is 5.02 Å². The molecule has 0 atom stereocenters. The van der Waals surface area contributed by atoms with E-state index >= 15 is 0 Å². The second kappa shape index (κ2) is 7.35. The Balaban J connectivity index is 1.90. The van der Waals surface area contributed by atoms with Gasteiger partial charge in [0.2, 0.25) is 0 Å². The third-order valence-electron chi connectivity index (χ3n) is 2.92. The zero-order chi connectivity index (χ0) is 17.7. The van der Waals surface area contributed by atoms with Gasteiger partial charge in [-0.25, -0.2) is 4.79 Å². The van der Waals surface area contributed by atoms with Crippen molar-refractivity contribution in [3.8, 4) is 0 Å². The van der Waals surface area contributed by atoms with Crippen LogP contribution in [0.1, 0.15) is 15.9 Å². The number of hydrogen-bond donors (Lipinski definition) is 1. The molecule has 0 bridgehead atoms. The summed E-state index contributed by atoms with van der Waals surface area (Å²) in [5, 5.41) is 2.51. The molecule has 0 aliphatic heterocycles. The van der Waals surface area contributed by atoms with Crippen LogP contribution in [-0.4, -0.2) is 18.5 Å². The molecule has 126 valence electrons. The summed E-state index contributed by atoms with van der Waals surface area (Å²) in [6, 6.07) is 10.1. The monoisotopic (exact) mass is 357 g/mol. The van der Waals surface area contributed by atoms with E-state index in [2.05, 4.69) is 5.32 Å². The molecule has 24 heavy (non-hydrogen) atoms. The summed E-state index contributed by atoms with van der Waals surface area (Å²) in [6.45, 7) is -0.592. The molecule has 0 aromatic heterocycles. The maximum Gasteiger partial charge on any atom is 0.416 e. The Morgan fingerprint density at radius 1 is 1.04 bits per heavy atom. The van der Waals surface area contributed by atoms with Crippen molar-refractivity contribution in [3.05, 3.63) is 64.7 Å². The molecule has 1 amide bonds. The van der Waals surface area contributed by atoms with Gasteiger partial charge < -0.3 is 10.1 Å². The van der Waals surface area contributed by atoms with E-state index in [-0.39, 0.29) is 16.3 Å². The van der Waals surface area contributed by atoms with Gasteiger partial charge in [-0.15, -0.1) is 0 Å². The fourth-order valence-corrected chi connectivity index (χ4v) is 1.99. The highest BCUT2D eigenvalue weighted by atomic mass is 35.5. The molecule has 0 spiro atoms. The van der Waals surface area contributed by atoms with Crippen molar-refractivity contribution in [1.29, 1.82) is 0 Å². The van der Waals surface area contributed by atoms with Crippen LogP contribution in [0.5, 0.6) is 0 Å². The van der Waals surface area contributed by atoms with Crippen molar-refractivity contribution in [1.82, 2.24) is 0 Å². The molecular weight excluding hydrogens is 347 g/mol. The normalized spacial score (nSPS) is 11.0. The number of benzene rings is 2. The molecule has 0 saturated heterocycles. The molecule has 0 aliphatic rings. The summed E-state index contributed by atoms with van der Waals surface area (Å²) in [5.41, 5.74) is -0.561. The number of anilines is 1. The van der Waals surface area contributed by atoms with Gasteiger partial charge in [-0.1, -0.05) is 23.7 Å². The van der Waals surface area contributed by atoms with Gasteiger partial charge in [-0.3, -0.25) is 4.79 Å². The Morgan fingerprint density at radius 2 is 1.67 bits per heavy atom. The van der Waals surface area contributed by atoms with Crippen molar-refractivity contribution < 1.29 is 27.5 Å². The highest BCUT2D eigenvalue weighted by Crippen LogP contribution is 2.29. The van der Waals surface area contributed by atoms with Gasteiger partial charge in [0, 0.05) is 5.69 Å². The lowest BCUT2D eigenvalue weighted by Gasteiger charge is -2.09. The number of carbonyl (C=O) groups excluding carboxylic acids is 2. The van der Waals surface area contributed by atoms with Crippen LogP contribution in [0.3, 0.4) is 0 Å². The third kappa shape index (κ3) is 4.73. The lowest BCUT2D eigenvalue weighted by molar-refractivity contribution is -0.137. The fraction of sp³-hybridized carbons (Fsp3) is 0.125. The second-order valence-electron chi connectivity index (χ2n) is 4.68. The molecule has 1 N–H and O–H groups in total. The molecule has 2 aromatic rings. The number of amides is 1. The van der Waals surface area contributed by atoms with Crippen LogP contribution in [0, 0.1) is 0 Å². The summed E-state index contributed by atoms with van der Waals surface area (Å²) in [6.07, 6.45) is -4.45. The first-order valence-corrected chi connectivity index (χ1v) is 7.04. The molecule has 0 radical (unpaired) electrons. The summed E-state index contributed by atoms with van der Waals surface area (Å²) < 4.78 is 42.1. The molecule has 2 rings (SSSR count). The Bertz CT molecular complexity index is 745. The van der Waals surface area contributed by atoms with Gasteiger partial charge in [0.15, 0.2) is 6.61 Å². The first-order chi connectivity index (χ1) is 11.3. The van der Waals surface area contributed by atoms with E-state index in [0.29, 0.717) is 0 Å². The molecule has 0 fully saturated rings. The molecule has 4 nitrogen and oxygen atoms in total. The SMILES string of the molecule is O=C(COC(=O)c1ccccc1Cl)Nc1ccc(C(F)(F)F)cc1. The van der Waals surface area contributed by atoms with Crippen LogP contribution in [0.15, 0.2) is 48.5 Å². The Kier molecular flexibility index (Phi) is 5.46. The van der Waals surface area contributed by atoms with E-state index in [4.69, 9.17) is 16.3 Å². The van der Waals surface area contributed by atoms with E-state index in [9.17, 15) is 22.8 Å². The lowest BCUT2D eigenvalue weighted by atomic mass is 10.2. The quantitative estimate of drug-likeness (QED) is 0.836. The van der Waals surface area contributed by atoms with E-state index in [1.54, 1.807) is 12.1 Å². The average molecular weight is 358 g/mol. The number of ether oxygens (including phenoxy) is 1. The summed E-state index contributed by atoms with van der Waals surface area (Å²) in [4.78, 5) is 23.4. The number of carbonyl (C=O) groups is 2. The van der Waals surface area contributed by atoms with Crippen molar-refractivity contribution in [2.45, 2.75) is 6.18 Å². The average Bonchev–Trinajstić information content (AvgIpc) is 2.53. The molecule has 0 aliphatic carbocycles. The van der Waals surface area contributed by atoms with Gasteiger partial charge in [0.1, 0.15) is 0 Å². The maximum atomic E-state index is 12.4. The smallest absolute Gasteiger partial charge is 0.416 e. The van der Waals surface area contributed by atoms with Crippen LogP contribution >= 0.6 is 11.6 Å². The molecular formula is C16H11ClF3NO3. The Labute approximate surface area is 140 Å². The standard InChI is InChI=1S/C16H11ClF3NO3/c17-13-4-2-1-3-12(13)15(23)24-9-14(22)21-11-7-5-10(6-8-11)16(18,19)20/h1-8H,9H2,(H,21,22). The minimum absolute atomic E-state index is 0.112. The predicted octanol–water partition coefficient (Wildman–Crippen LogP) is 4.15. The minimum Gasteiger partial charge on any atom is -0.452 e. The van der Waals surface area contributed by atoms with Crippen molar-refractivity contribution in [3.63, 3.8) is 0 Å². The predicted molar refractivity (Wildman–Crippen MR) is 81.8 cm³/mol. The molecule has 0 saturated carbocycles. The Morgan fingerprint density at radius 3 is 2.25 bits per heavy atom. The zero-order valence-corrected chi connectivity index (χ0v) is 12.8. The van der Waals surface area contributed by atoms with Crippen LogP contribution in [-0.2, 0) is 15.7 Å². The fourth-order valence-electron chi connectivity index (χ4n) is 1.78. The zero-order valence-electron chi connectivity index (χ0n) is 12.1. The maximum absolute atomic E-state index is 12.4. The van der Waals surface area contributed by atoms with E-state index < -0.39 is 30.2 Å². The van der Waals surface area contributed by atoms with Crippen molar-refractivity contribution in [2.24, 2.45) is 0 Å². The minimum atomic E-state index is -4.45. The van der Waals surface area contributed by atoms with E-state index in [0.717, 1.165) is 24.3 Å². The van der Waals surface area contributed by atoms with Gasteiger partial charge in [-0.05, 0) is 36.4 Å². The van der Waals surface area contributed by atoms with Gasteiger partial charge in [0.25, 0.3) is 5.91 Å². The van der Waals surface area contributed by atoms with Crippen LogP contribution in [0.4, 0.5) is 18.9 Å². The number of hydrogen-bond acceptors (Lipinski definition) is 3. The highest BCUT2D eigenvalue weighted by Gasteiger charge is 2.30. The molecule has 8 heteroatoms. The first kappa shape index (κ1) is 17.8. The van der Waals surface area contributed by atoms with Gasteiger partial charge in [0.05, 0.1) is 16.1 Å². The van der Waals surface area contributed by atoms with E-state index in [1.807, 2.05) is 0 Å². The summed E-state index contributed by atoms with van der Waals surface area (Å²) in [7, 11) is 0. The van der Waals surface area contributed by atoms with Gasteiger partial charge >= 0.3 is 12.1 Å². The molecule has 2 aromatic carbocycles. The summed E-state index contributed by atoms with van der Waals surface area (Å²) in [5.74, 6) is -1.46. The van der Waals surface area contributed by atoms with Gasteiger partial charge in [-0.2, -0.15) is 13.2 Å². The molecule has 0 unspecified atom stereocenters. The van der Waals surface area contributed by atoms with Crippen molar-refractivity contribution >= 4 is 29.2 Å². The molecule has 0 heterocycles. The lowest BCUT2D eigenvalue weighted by Crippen LogP contribution is -2.21. The largest absolute Gasteiger partial charge is 0.452 e.